The van der Waals surface area contributed by atoms with E-state index < -0.39 is 29.0 Å². The van der Waals surface area contributed by atoms with Gasteiger partial charge in [0.2, 0.25) is 11.8 Å². The second kappa shape index (κ2) is 11.7. The molecule has 4 aromatic rings. The van der Waals surface area contributed by atoms with Gasteiger partial charge in [-0.15, -0.1) is 5.10 Å². The van der Waals surface area contributed by atoms with Gasteiger partial charge in [-0.05, 0) is 87.1 Å². The Bertz CT molecular complexity index is 2040. The average Bonchev–Trinajstić information content (AvgIpc) is 3.81. The fourth-order valence-corrected chi connectivity index (χ4v) is 7.92. The number of amides is 2. The summed E-state index contributed by atoms with van der Waals surface area (Å²) in [6.07, 6.45) is 3.93. The lowest BCUT2D eigenvalue weighted by atomic mass is 9.72. The largest absolute Gasteiger partial charge is 0.476 e. The van der Waals surface area contributed by atoms with Crippen molar-refractivity contribution in [1.29, 1.82) is 0 Å². The van der Waals surface area contributed by atoms with Gasteiger partial charge in [0.15, 0.2) is 5.60 Å². The third-order valence-corrected chi connectivity index (χ3v) is 10.1. The van der Waals surface area contributed by atoms with Crippen LogP contribution in [0.2, 0.25) is 0 Å². The van der Waals surface area contributed by atoms with Crippen molar-refractivity contribution in [2.24, 2.45) is 5.92 Å². The molecule has 13 heteroatoms. The molecule has 0 aliphatic carbocycles. The smallest absolute Gasteiger partial charge is 0.434 e. The highest BCUT2D eigenvalue weighted by Gasteiger charge is 2.57. The quantitative estimate of drug-likeness (QED) is 0.295. The Morgan fingerprint density at radius 2 is 1.80 bits per heavy atom. The second-order valence-corrected chi connectivity index (χ2v) is 13.6. The zero-order chi connectivity index (χ0) is 34.0. The molecule has 2 saturated heterocycles. The van der Waals surface area contributed by atoms with E-state index in [-0.39, 0.29) is 42.2 Å². The SMILES string of the molecule is CC1(C)Oc2cc(C3C(c4n[nH]c(=O)o4)=C(CCc4ccc(F)cc4)NC4C3C(=O)N3CCC[C@@H]43)ccc2N(Cc2ccc(F)cn2)C1=O. The maximum Gasteiger partial charge on any atom is 0.434 e. The summed E-state index contributed by atoms with van der Waals surface area (Å²) in [6.45, 7) is 4.13. The van der Waals surface area contributed by atoms with Crippen molar-refractivity contribution in [3.05, 3.63) is 111 Å². The number of nitrogens with zero attached hydrogens (tertiary/aromatic N) is 4. The van der Waals surface area contributed by atoms with Gasteiger partial charge in [-0.1, -0.05) is 18.2 Å². The van der Waals surface area contributed by atoms with Crippen molar-refractivity contribution < 1.29 is 27.5 Å². The third-order valence-electron chi connectivity index (χ3n) is 10.1. The molecule has 252 valence electrons. The topological polar surface area (TPSA) is 134 Å². The zero-order valence-corrected chi connectivity index (χ0v) is 26.9. The van der Waals surface area contributed by atoms with Crippen LogP contribution in [0.25, 0.3) is 5.57 Å². The molecule has 2 N–H and O–H groups in total. The van der Waals surface area contributed by atoms with Crippen molar-refractivity contribution in [2.75, 3.05) is 11.4 Å². The van der Waals surface area contributed by atoms with Gasteiger partial charge in [0.05, 0.1) is 42.1 Å². The van der Waals surface area contributed by atoms with Crippen LogP contribution in [0.3, 0.4) is 0 Å². The Morgan fingerprint density at radius 1 is 1.00 bits per heavy atom. The lowest BCUT2D eigenvalue weighted by Crippen LogP contribution is -2.52. The summed E-state index contributed by atoms with van der Waals surface area (Å²) >= 11 is 0. The zero-order valence-electron chi connectivity index (χ0n) is 26.9. The molecule has 2 fully saturated rings. The van der Waals surface area contributed by atoms with Crippen LogP contribution in [0.1, 0.15) is 61.7 Å². The Hall–Kier alpha value is -5.33. The first kappa shape index (κ1) is 31.0. The number of hydrogen-bond acceptors (Lipinski definition) is 8. The van der Waals surface area contributed by atoms with Gasteiger partial charge in [0.1, 0.15) is 17.4 Å². The number of aromatic amines is 1. The summed E-state index contributed by atoms with van der Waals surface area (Å²) < 4.78 is 39.2. The predicted octanol–water partition coefficient (Wildman–Crippen LogP) is 4.46. The molecule has 11 nitrogen and oxygen atoms in total. The van der Waals surface area contributed by atoms with Crippen LogP contribution in [-0.2, 0) is 22.6 Å². The maximum atomic E-state index is 14.2. The molecule has 2 aromatic carbocycles. The molecule has 49 heavy (non-hydrogen) atoms. The van der Waals surface area contributed by atoms with Crippen LogP contribution >= 0.6 is 0 Å². The summed E-state index contributed by atoms with van der Waals surface area (Å²) in [7, 11) is 0. The lowest BCUT2D eigenvalue weighted by Gasteiger charge is -2.40. The summed E-state index contributed by atoms with van der Waals surface area (Å²) in [6, 6.07) is 14.4. The van der Waals surface area contributed by atoms with Crippen molar-refractivity contribution in [2.45, 2.75) is 69.7 Å². The Balaban J connectivity index is 1.25. The number of H-pyrrole nitrogens is 1. The fraction of sp³-hybridized carbons (Fsp3) is 0.361. The standard InChI is InChI=1S/C36H34F2N6O5/c1-36(2)34(46)44(18-23-12-11-22(38)17-39-23)25-14-8-20(16-27(25)49-36)28-29(32-41-42-35(47)48-32)24(13-7-19-5-9-21(37)10-6-19)40-31-26-4-3-15-43(26)33(45)30(28)31/h5-6,8-12,14,16-17,26,28,30-31,40H,3-4,7,13,15,18H2,1-2H3,(H,42,47)/t26-,28?,30?,31?/m0/s1. The number of nitrogens with one attached hydrogen (secondary N) is 2. The molecule has 0 bridgehead atoms. The summed E-state index contributed by atoms with van der Waals surface area (Å²) in [5.41, 5.74) is 2.80. The number of allylic oxidation sites excluding steroid dienone is 2. The van der Waals surface area contributed by atoms with Gasteiger partial charge in [0, 0.05) is 23.7 Å². The number of anilines is 1. The highest BCUT2D eigenvalue weighted by atomic mass is 19.1. The number of pyridine rings is 1. The van der Waals surface area contributed by atoms with E-state index in [2.05, 4.69) is 20.5 Å². The van der Waals surface area contributed by atoms with E-state index in [9.17, 15) is 23.2 Å². The van der Waals surface area contributed by atoms with Crippen LogP contribution in [0.15, 0.2) is 75.7 Å². The number of rotatable bonds is 7. The number of fused-ring (bicyclic) bond motifs is 4. The Kier molecular flexibility index (Phi) is 7.38. The number of carbonyl (C=O) groups is 2. The van der Waals surface area contributed by atoms with E-state index >= 15 is 0 Å². The number of carbonyl (C=O) groups excluding carboxylic acids is 2. The van der Waals surface area contributed by atoms with E-state index in [4.69, 9.17) is 9.15 Å². The number of ether oxygens (including phenoxy) is 1. The highest BCUT2D eigenvalue weighted by molar-refractivity contribution is 6.02. The molecule has 2 amide bonds. The molecule has 0 radical (unpaired) electrons. The molecule has 4 atom stereocenters. The van der Waals surface area contributed by atoms with E-state index in [0.717, 1.165) is 35.9 Å². The lowest BCUT2D eigenvalue weighted by molar-refractivity contribution is -0.133. The second-order valence-electron chi connectivity index (χ2n) is 13.6. The molecule has 0 spiro atoms. The molecular weight excluding hydrogens is 634 g/mol. The first-order valence-corrected chi connectivity index (χ1v) is 16.4. The normalized spacial score (nSPS) is 24.0. The average molecular weight is 669 g/mol. The van der Waals surface area contributed by atoms with Gasteiger partial charge in [-0.25, -0.2) is 18.7 Å². The molecule has 6 heterocycles. The first-order valence-electron chi connectivity index (χ1n) is 16.4. The number of aryl methyl sites for hydroxylation is 1. The number of benzene rings is 2. The Morgan fingerprint density at radius 3 is 2.53 bits per heavy atom. The first-order chi connectivity index (χ1) is 23.6. The molecule has 2 aromatic heterocycles. The summed E-state index contributed by atoms with van der Waals surface area (Å²) in [5, 5.41) is 10.3. The number of aromatic nitrogens is 3. The minimum absolute atomic E-state index is 0.00213. The predicted molar refractivity (Wildman–Crippen MR) is 173 cm³/mol. The molecule has 4 aliphatic heterocycles. The summed E-state index contributed by atoms with van der Waals surface area (Å²) in [4.78, 5) is 47.8. The van der Waals surface area contributed by atoms with Crippen molar-refractivity contribution in [3.8, 4) is 5.75 Å². The van der Waals surface area contributed by atoms with Crippen LogP contribution in [0.4, 0.5) is 14.5 Å². The van der Waals surface area contributed by atoms with E-state index in [1.165, 1.54) is 24.3 Å². The minimum Gasteiger partial charge on any atom is -0.476 e. The van der Waals surface area contributed by atoms with Gasteiger partial charge >= 0.3 is 5.76 Å². The van der Waals surface area contributed by atoms with Gasteiger partial charge in [-0.2, -0.15) is 0 Å². The van der Waals surface area contributed by atoms with Crippen LogP contribution < -0.4 is 20.7 Å². The maximum absolute atomic E-state index is 14.2. The van der Waals surface area contributed by atoms with Crippen LogP contribution in [-0.4, -0.2) is 56.1 Å². The number of hydrogen-bond donors (Lipinski definition) is 2. The van der Waals surface area contributed by atoms with Gasteiger partial charge in [0.25, 0.3) is 5.91 Å². The van der Waals surface area contributed by atoms with Crippen molar-refractivity contribution in [1.82, 2.24) is 25.4 Å². The number of halogens is 2. The molecule has 3 unspecified atom stereocenters. The van der Waals surface area contributed by atoms with E-state index in [1.54, 1.807) is 36.9 Å². The van der Waals surface area contributed by atoms with Crippen LogP contribution in [0, 0.1) is 17.6 Å². The van der Waals surface area contributed by atoms with Gasteiger partial charge in [-0.3, -0.25) is 19.5 Å². The van der Waals surface area contributed by atoms with Crippen molar-refractivity contribution >= 4 is 23.1 Å². The fourth-order valence-electron chi connectivity index (χ4n) is 7.92. The van der Waals surface area contributed by atoms with E-state index in [0.29, 0.717) is 42.1 Å². The summed E-state index contributed by atoms with van der Waals surface area (Å²) in [5.74, 6) is -2.40. The minimum atomic E-state index is -1.23. The molecule has 4 aliphatic rings. The molecule has 0 saturated carbocycles. The van der Waals surface area contributed by atoms with E-state index in [1.807, 2.05) is 17.0 Å². The Labute approximate surface area is 280 Å². The molecule has 8 rings (SSSR count). The highest BCUT2D eigenvalue weighted by Crippen LogP contribution is 2.52. The third kappa shape index (κ3) is 5.37. The van der Waals surface area contributed by atoms with Gasteiger partial charge < -0.3 is 19.4 Å². The molecular formula is C36H34F2N6O5. The van der Waals surface area contributed by atoms with Crippen molar-refractivity contribution in [3.63, 3.8) is 0 Å². The van der Waals surface area contributed by atoms with Crippen LogP contribution in [0.5, 0.6) is 5.75 Å². The monoisotopic (exact) mass is 668 g/mol.